The lowest BCUT2D eigenvalue weighted by atomic mass is 9.65. The lowest BCUT2D eigenvalue weighted by Crippen LogP contribution is -2.52. The molecule has 4 rings (SSSR count). The normalized spacial score (nSPS) is 33.9. The zero-order valence-corrected chi connectivity index (χ0v) is 17.5. The van der Waals surface area contributed by atoms with E-state index >= 15 is 0 Å². The molecule has 1 aromatic rings. The summed E-state index contributed by atoms with van der Waals surface area (Å²) >= 11 is 9.21. The van der Waals surface area contributed by atoms with Crippen molar-refractivity contribution in [2.24, 2.45) is 10.4 Å². The van der Waals surface area contributed by atoms with E-state index in [1.807, 2.05) is 6.92 Å². The van der Waals surface area contributed by atoms with Crippen LogP contribution >= 0.6 is 28.1 Å². The molecule has 0 bridgehead atoms. The Kier molecular flexibility index (Phi) is 4.33. The number of halogens is 1. The van der Waals surface area contributed by atoms with Crippen molar-refractivity contribution in [1.29, 1.82) is 0 Å². The smallest absolute Gasteiger partial charge is 0.162 e. The molecule has 0 radical (unpaired) electrons. The Morgan fingerprint density at radius 1 is 1.32 bits per heavy atom. The highest BCUT2D eigenvalue weighted by atomic mass is 79.9. The summed E-state index contributed by atoms with van der Waals surface area (Å²) in [4.78, 5) is 5.95. The van der Waals surface area contributed by atoms with Crippen LogP contribution in [0.25, 0.3) is 0 Å². The second-order valence-electron chi connectivity index (χ2n) is 8.00. The molecule has 2 aliphatic carbocycles. The molecule has 3 nitrogen and oxygen atoms in total. The van der Waals surface area contributed by atoms with Crippen LogP contribution in [0.1, 0.15) is 57.6 Å². The van der Waals surface area contributed by atoms with Gasteiger partial charge in [0.25, 0.3) is 0 Å². The summed E-state index contributed by atoms with van der Waals surface area (Å²) in [5.41, 5.74) is 3.36. The van der Waals surface area contributed by atoms with E-state index in [0.29, 0.717) is 12.2 Å². The molecule has 1 heterocycles. The SMILES string of the molecule is CC1=NC2(NC1=S)c1cc(Br)ccc1C[C@]21CC[C@@H](OC(C)C)CC1. The van der Waals surface area contributed by atoms with E-state index in [4.69, 9.17) is 21.9 Å². The van der Waals surface area contributed by atoms with Gasteiger partial charge < -0.3 is 10.1 Å². The van der Waals surface area contributed by atoms with Gasteiger partial charge in [-0.2, -0.15) is 0 Å². The van der Waals surface area contributed by atoms with Crippen molar-refractivity contribution >= 4 is 38.8 Å². The molecule has 1 N–H and O–H groups in total. The summed E-state index contributed by atoms with van der Waals surface area (Å²) in [6.07, 6.45) is 6.15. The predicted octanol–water partition coefficient (Wildman–Crippen LogP) is 4.90. The standard InChI is InChI=1S/C20H25BrN2OS/c1-12(2)24-16-6-8-19(9-7-16)11-14-4-5-15(21)10-17(14)20(19)22-13(3)18(25)23-20/h4-5,10,12,16H,6-9,11H2,1-3H3,(H,23,25)/t16-,19-,20?. The van der Waals surface area contributed by atoms with Crippen LogP contribution in [0.2, 0.25) is 0 Å². The summed E-state index contributed by atoms with van der Waals surface area (Å²) in [5.74, 6) is 0. The van der Waals surface area contributed by atoms with Crippen LogP contribution in [-0.4, -0.2) is 22.9 Å². The van der Waals surface area contributed by atoms with Gasteiger partial charge in [-0.1, -0.05) is 34.2 Å². The van der Waals surface area contributed by atoms with Crippen LogP contribution in [0.4, 0.5) is 0 Å². The van der Waals surface area contributed by atoms with E-state index < -0.39 is 5.66 Å². The van der Waals surface area contributed by atoms with Gasteiger partial charge in [0.1, 0.15) is 4.99 Å². The number of benzene rings is 1. The van der Waals surface area contributed by atoms with Crippen LogP contribution in [-0.2, 0) is 16.8 Å². The molecule has 3 aliphatic rings. The number of aliphatic imine (C=N–C) groups is 1. The number of nitrogens with zero attached hydrogens (tertiary/aromatic N) is 1. The van der Waals surface area contributed by atoms with Crippen molar-refractivity contribution in [3.63, 3.8) is 0 Å². The van der Waals surface area contributed by atoms with Crippen LogP contribution in [0.5, 0.6) is 0 Å². The molecule has 134 valence electrons. The maximum absolute atomic E-state index is 6.09. The summed E-state index contributed by atoms with van der Waals surface area (Å²) in [7, 11) is 0. The largest absolute Gasteiger partial charge is 0.376 e. The van der Waals surface area contributed by atoms with Crippen molar-refractivity contribution in [3.05, 3.63) is 33.8 Å². The van der Waals surface area contributed by atoms with Gasteiger partial charge in [-0.05, 0) is 70.6 Å². The number of rotatable bonds is 2. The van der Waals surface area contributed by atoms with Gasteiger partial charge in [-0.3, -0.25) is 4.99 Å². The highest BCUT2D eigenvalue weighted by Crippen LogP contribution is 2.60. The van der Waals surface area contributed by atoms with Gasteiger partial charge in [0.05, 0.1) is 17.9 Å². The molecule has 1 aromatic carbocycles. The molecule has 0 saturated heterocycles. The first-order valence-corrected chi connectivity index (χ1v) is 10.4. The number of ether oxygens (including phenoxy) is 1. The van der Waals surface area contributed by atoms with E-state index in [-0.39, 0.29) is 5.41 Å². The monoisotopic (exact) mass is 420 g/mol. The van der Waals surface area contributed by atoms with Gasteiger partial charge >= 0.3 is 0 Å². The third-order valence-corrected chi connectivity index (χ3v) is 6.96. The number of fused-ring (bicyclic) bond motifs is 3. The summed E-state index contributed by atoms with van der Waals surface area (Å²) in [5, 5.41) is 3.64. The first-order valence-electron chi connectivity index (χ1n) is 9.19. The average molecular weight is 421 g/mol. The summed E-state index contributed by atoms with van der Waals surface area (Å²) in [6, 6.07) is 6.63. The Labute approximate surface area is 163 Å². The Bertz CT molecular complexity index is 752. The van der Waals surface area contributed by atoms with E-state index in [1.165, 1.54) is 11.1 Å². The maximum atomic E-state index is 6.09. The first kappa shape index (κ1) is 17.6. The van der Waals surface area contributed by atoms with Gasteiger partial charge in [0.15, 0.2) is 5.66 Å². The number of thiocarbonyl (C=S) groups is 1. The second-order valence-corrected chi connectivity index (χ2v) is 9.33. The molecule has 25 heavy (non-hydrogen) atoms. The lowest BCUT2D eigenvalue weighted by Gasteiger charge is -2.46. The number of hydrogen-bond acceptors (Lipinski definition) is 3. The highest BCUT2D eigenvalue weighted by Gasteiger charge is 2.61. The van der Waals surface area contributed by atoms with E-state index in [0.717, 1.165) is 47.3 Å². The maximum Gasteiger partial charge on any atom is 0.162 e. The van der Waals surface area contributed by atoms with E-state index in [2.05, 4.69) is 53.3 Å². The van der Waals surface area contributed by atoms with Crippen molar-refractivity contribution in [2.45, 2.75) is 70.7 Å². The van der Waals surface area contributed by atoms with Crippen molar-refractivity contribution < 1.29 is 4.74 Å². The molecule has 1 saturated carbocycles. The third-order valence-electron chi connectivity index (χ3n) is 6.07. The molecule has 5 heteroatoms. The van der Waals surface area contributed by atoms with Crippen LogP contribution in [0.3, 0.4) is 0 Å². The van der Waals surface area contributed by atoms with Crippen molar-refractivity contribution in [2.75, 3.05) is 0 Å². The average Bonchev–Trinajstić information content (AvgIpc) is 2.98. The van der Waals surface area contributed by atoms with Crippen molar-refractivity contribution in [3.8, 4) is 0 Å². The third kappa shape index (κ3) is 2.70. The Morgan fingerprint density at radius 3 is 2.64 bits per heavy atom. The molecule has 0 aromatic heterocycles. The minimum atomic E-state index is -0.393. The van der Waals surface area contributed by atoms with E-state index in [1.54, 1.807) is 0 Å². The van der Waals surface area contributed by atoms with Gasteiger partial charge in [-0.25, -0.2) is 0 Å². The van der Waals surface area contributed by atoms with Crippen LogP contribution in [0, 0.1) is 5.41 Å². The molecule has 2 spiro atoms. The Morgan fingerprint density at radius 2 is 2.04 bits per heavy atom. The highest BCUT2D eigenvalue weighted by molar-refractivity contribution is 9.10. The molecule has 0 amide bonds. The fraction of sp³-hybridized carbons (Fsp3) is 0.600. The zero-order valence-electron chi connectivity index (χ0n) is 15.1. The van der Waals surface area contributed by atoms with Crippen molar-refractivity contribution in [1.82, 2.24) is 5.32 Å². The first-order chi connectivity index (χ1) is 11.9. The molecule has 1 aliphatic heterocycles. The lowest BCUT2D eigenvalue weighted by molar-refractivity contribution is -0.0514. The Hall–Kier alpha value is -0.780. The van der Waals surface area contributed by atoms with Gasteiger partial charge in [-0.15, -0.1) is 0 Å². The zero-order chi connectivity index (χ0) is 17.8. The molecular weight excluding hydrogens is 396 g/mol. The summed E-state index contributed by atoms with van der Waals surface area (Å²) in [6.45, 7) is 6.28. The van der Waals surface area contributed by atoms with Crippen LogP contribution < -0.4 is 5.32 Å². The van der Waals surface area contributed by atoms with Gasteiger partial charge in [0, 0.05) is 15.5 Å². The summed E-state index contributed by atoms with van der Waals surface area (Å²) < 4.78 is 7.20. The molecular formula is C20H25BrN2OS. The number of nitrogens with one attached hydrogen (secondary N) is 1. The van der Waals surface area contributed by atoms with Crippen LogP contribution in [0.15, 0.2) is 27.7 Å². The minimum Gasteiger partial charge on any atom is -0.376 e. The fourth-order valence-corrected chi connectivity index (χ4v) is 5.54. The number of hydrogen-bond donors (Lipinski definition) is 1. The Balaban J connectivity index is 1.73. The quantitative estimate of drug-likeness (QED) is 0.690. The topological polar surface area (TPSA) is 33.6 Å². The van der Waals surface area contributed by atoms with E-state index in [9.17, 15) is 0 Å². The molecule has 1 unspecified atom stereocenters. The van der Waals surface area contributed by atoms with Gasteiger partial charge in [0.2, 0.25) is 0 Å². The fourth-order valence-electron chi connectivity index (χ4n) is 4.99. The minimum absolute atomic E-state index is 0.0920. The molecule has 1 fully saturated rings. The predicted molar refractivity (Wildman–Crippen MR) is 109 cm³/mol. The molecule has 1 atom stereocenters. The second kappa shape index (κ2) is 6.14.